The van der Waals surface area contributed by atoms with Gasteiger partial charge < -0.3 is 13.7 Å². The number of para-hydroxylation sites is 4. The van der Waals surface area contributed by atoms with Crippen LogP contribution in [0.2, 0.25) is 0 Å². The van der Waals surface area contributed by atoms with Crippen molar-refractivity contribution in [3.8, 4) is 22.3 Å². The third kappa shape index (κ3) is 5.33. The van der Waals surface area contributed by atoms with Crippen LogP contribution in [-0.2, 0) is 0 Å². The Morgan fingerprint density at radius 3 is 1.95 bits per heavy atom. The number of rotatable bonds is 6. The summed E-state index contributed by atoms with van der Waals surface area (Å²) in [4.78, 5) is 2.43. The first kappa shape index (κ1) is 31.9. The molecule has 8 aromatic carbocycles. The fourth-order valence-corrected chi connectivity index (χ4v) is 9.31. The van der Waals surface area contributed by atoms with E-state index in [9.17, 15) is 0 Å². The molecule has 1 fully saturated rings. The molecular weight excluding hydrogens is 671 g/mol. The van der Waals surface area contributed by atoms with Crippen LogP contribution in [0, 0.1) is 0 Å². The van der Waals surface area contributed by atoms with Crippen LogP contribution in [0.5, 0.6) is 0 Å². The molecule has 0 bridgehead atoms. The SMILES string of the molecule is c1cc(-c2cccc3c2oc2ccccc23)cc(N(c2ccc3oc4ccccc4c3c2)c2ccccc2-c2cccc3cccc(C4CCCCC4)c23)c1. The number of hydrogen-bond acceptors (Lipinski definition) is 3. The minimum Gasteiger partial charge on any atom is -0.456 e. The van der Waals surface area contributed by atoms with Gasteiger partial charge in [-0.3, -0.25) is 0 Å². The summed E-state index contributed by atoms with van der Waals surface area (Å²) < 4.78 is 12.9. The van der Waals surface area contributed by atoms with Crippen LogP contribution in [0.25, 0.3) is 76.9 Å². The highest BCUT2D eigenvalue weighted by Crippen LogP contribution is 2.47. The number of anilines is 3. The molecule has 1 saturated carbocycles. The van der Waals surface area contributed by atoms with Crippen molar-refractivity contribution in [3.63, 3.8) is 0 Å². The summed E-state index contributed by atoms with van der Waals surface area (Å²) in [6.45, 7) is 0. The highest BCUT2D eigenvalue weighted by molar-refractivity contribution is 6.10. The largest absolute Gasteiger partial charge is 0.456 e. The summed E-state index contributed by atoms with van der Waals surface area (Å²) in [5, 5.41) is 7.16. The number of fused-ring (bicyclic) bond motifs is 7. The topological polar surface area (TPSA) is 29.5 Å². The maximum Gasteiger partial charge on any atom is 0.143 e. The van der Waals surface area contributed by atoms with Gasteiger partial charge in [0.05, 0.1) is 5.69 Å². The lowest BCUT2D eigenvalue weighted by Crippen LogP contribution is -2.11. The van der Waals surface area contributed by atoms with E-state index in [1.807, 2.05) is 12.1 Å². The Morgan fingerprint density at radius 2 is 1.07 bits per heavy atom. The summed E-state index contributed by atoms with van der Waals surface area (Å²) >= 11 is 0. The zero-order valence-corrected chi connectivity index (χ0v) is 30.5. The molecule has 3 heteroatoms. The van der Waals surface area contributed by atoms with Crippen LogP contribution in [-0.4, -0.2) is 0 Å². The molecule has 0 spiro atoms. The van der Waals surface area contributed by atoms with Crippen molar-refractivity contribution in [1.82, 2.24) is 0 Å². The van der Waals surface area contributed by atoms with Crippen molar-refractivity contribution >= 4 is 71.7 Å². The van der Waals surface area contributed by atoms with E-state index in [1.54, 1.807) is 0 Å². The first-order valence-corrected chi connectivity index (χ1v) is 19.6. The summed E-state index contributed by atoms with van der Waals surface area (Å²) in [5.41, 5.74) is 13.0. The van der Waals surface area contributed by atoms with Gasteiger partial charge in [-0.05, 0) is 94.8 Å². The number of nitrogens with zero attached hydrogens (tertiary/aromatic N) is 1. The van der Waals surface area contributed by atoms with E-state index in [0.717, 1.165) is 72.1 Å². The highest BCUT2D eigenvalue weighted by atomic mass is 16.3. The standard InChI is InChI=1S/C52H39NO2/c1-2-14-34(15-3-1)39-23-11-16-35-17-12-25-44(51(35)39)41-20-4-7-27-47(41)53(38-30-31-50-46(33-38)43-22-6-8-28-48(43)54-50)37-19-10-18-36(32-37)40-24-13-26-45-42-21-5-9-29-49(42)55-52(40)45/h4-13,16-34H,1-3,14-15H2. The monoisotopic (exact) mass is 709 g/mol. The molecule has 0 radical (unpaired) electrons. The first-order chi connectivity index (χ1) is 27.3. The molecular formula is C52H39NO2. The van der Waals surface area contributed by atoms with E-state index < -0.39 is 0 Å². The Kier molecular flexibility index (Phi) is 7.58. The lowest BCUT2D eigenvalue weighted by Gasteiger charge is -2.29. The van der Waals surface area contributed by atoms with E-state index in [2.05, 4.69) is 163 Å². The van der Waals surface area contributed by atoms with Gasteiger partial charge in [-0.15, -0.1) is 0 Å². The van der Waals surface area contributed by atoms with Crippen LogP contribution in [0.4, 0.5) is 17.1 Å². The second kappa shape index (κ2) is 13.1. The lowest BCUT2D eigenvalue weighted by molar-refractivity contribution is 0.445. The van der Waals surface area contributed by atoms with E-state index in [0.29, 0.717) is 5.92 Å². The molecule has 1 aliphatic rings. The van der Waals surface area contributed by atoms with Crippen LogP contribution >= 0.6 is 0 Å². The number of benzene rings is 8. The second-order valence-corrected chi connectivity index (χ2v) is 15.0. The molecule has 10 aromatic rings. The van der Waals surface area contributed by atoms with Gasteiger partial charge in [0.25, 0.3) is 0 Å². The molecule has 1 aliphatic carbocycles. The van der Waals surface area contributed by atoms with Gasteiger partial charge in [-0.1, -0.05) is 141 Å². The summed E-state index contributed by atoms with van der Waals surface area (Å²) in [6, 6.07) is 61.3. The zero-order valence-electron chi connectivity index (χ0n) is 30.5. The van der Waals surface area contributed by atoms with E-state index in [-0.39, 0.29) is 0 Å². The van der Waals surface area contributed by atoms with Crippen molar-refractivity contribution in [1.29, 1.82) is 0 Å². The van der Waals surface area contributed by atoms with Gasteiger partial charge in [0.2, 0.25) is 0 Å². The lowest BCUT2D eigenvalue weighted by atomic mass is 9.80. The molecule has 2 aromatic heterocycles. The minimum atomic E-state index is 0.580. The summed E-state index contributed by atoms with van der Waals surface area (Å²) in [6.07, 6.45) is 6.45. The van der Waals surface area contributed by atoms with E-state index in [1.165, 1.54) is 59.6 Å². The molecule has 2 heterocycles. The zero-order chi connectivity index (χ0) is 36.3. The van der Waals surface area contributed by atoms with Crippen molar-refractivity contribution in [3.05, 3.63) is 175 Å². The predicted molar refractivity (Wildman–Crippen MR) is 230 cm³/mol. The second-order valence-electron chi connectivity index (χ2n) is 15.0. The molecule has 264 valence electrons. The Bertz CT molecular complexity index is 3040. The molecule has 0 amide bonds. The summed E-state index contributed by atoms with van der Waals surface area (Å²) in [7, 11) is 0. The molecule has 11 rings (SSSR count). The van der Waals surface area contributed by atoms with Crippen molar-refractivity contribution in [2.24, 2.45) is 0 Å². The smallest absolute Gasteiger partial charge is 0.143 e. The molecule has 0 saturated heterocycles. The van der Waals surface area contributed by atoms with Crippen LogP contribution in [0.15, 0.2) is 179 Å². The van der Waals surface area contributed by atoms with Gasteiger partial charge in [-0.2, -0.15) is 0 Å². The van der Waals surface area contributed by atoms with Gasteiger partial charge >= 0.3 is 0 Å². The average Bonchev–Trinajstić information content (AvgIpc) is 3.82. The molecule has 3 nitrogen and oxygen atoms in total. The number of hydrogen-bond donors (Lipinski definition) is 0. The molecule has 0 unspecified atom stereocenters. The maximum absolute atomic E-state index is 6.54. The molecule has 55 heavy (non-hydrogen) atoms. The quantitative estimate of drug-likeness (QED) is 0.172. The van der Waals surface area contributed by atoms with Crippen LogP contribution in [0.1, 0.15) is 43.6 Å². The van der Waals surface area contributed by atoms with Crippen LogP contribution in [0.3, 0.4) is 0 Å². The van der Waals surface area contributed by atoms with Crippen molar-refractivity contribution in [2.45, 2.75) is 38.0 Å². The molecule has 0 atom stereocenters. The number of furan rings is 2. The van der Waals surface area contributed by atoms with Gasteiger partial charge in [0.15, 0.2) is 0 Å². The Hall–Kier alpha value is -6.58. The first-order valence-electron chi connectivity index (χ1n) is 19.6. The van der Waals surface area contributed by atoms with Crippen LogP contribution < -0.4 is 4.90 Å². The van der Waals surface area contributed by atoms with Crippen molar-refractivity contribution < 1.29 is 8.83 Å². The van der Waals surface area contributed by atoms with Gasteiger partial charge in [0, 0.05) is 44.0 Å². The Morgan fingerprint density at radius 1 is 0.436 bits per heavy atom. The molecule has 0 N–H and O–H groups in total. The average molecular weight is 710 g/mol. The molecule has 0 aliphatic heterocycles. The maximum atomic E-state index is 6.54. The Labute approximate surface area is 320 Å². The van der Waals surface area contributed by atoms with E-state index in [4.69, 9.17) is 8.83 Å². The van der Waals surface area contributed by atoms with Gasteiger partial charge in [-0.25, -0.2) is 0 Å². The Balaban J connectivity index is 1.15. The van der Waals surface area contributed by atoms with Gasteiger partial charge in [0.1, 0.15) is 22.3 Å². The fraction of sp³-hybridized carbons (Fsp3) is 0.115. The third-order valence-electron chi connectivity index (χ3n) is 11.9. The van der Waals surface area contributed by atoms with Crippen molar-refractivity contribution in [2.75, 3.05) is 4.90 Å². The summed E-state index contributed by atoms with van der Waals surface area (Å²) in [5.74, 6) is 0.580. The predicted octanol–water partition coefficient (Wildman–Crippen LogP) is 15.5. The normalized spacial score (nSPS) is 13.7. The highest BCUT2D eigenvalue weighted by Gasteiger charge is 2.24. The fourth-order valence-electron chi connectivity index (χ4n) is 9.31. The minimum absolute atomic E-state index is 0.580. The van der Waals surface area contributed by atoms with E-state index >= 15 is 0 Å². The third-order valence-corrected chi connectivity index (χ3v) is 11.9.